The van der Waals surface area contributed by atoms with Crippen molar-refractivity contribution in [3.8, 4) is 0 Å². The molecule has 1 aromatic heterocycles. The zero-order valence-corrected chi connectivity index (χ0v) is 11.3. The molecule has 0 bridgehead atoms. The van der Waals surface area contributed by atoms with Crippen LogP contribution in [-0.2, 0) is 9.47 Å². The molecular formula is C13H20N2O4. The first-order chi connectivity index (χ1) is 9.15. The molecule has 0 aliphatic carbocycles. The standard InChI is InChI=1S/C13H20N2O4/c1-3-18-9-10-19-8-7-15(2)12-6-4-5-11(14-12)13(16)17/h4-6H,3,7-10H2,1-2H3,(H,16,17). The summed E-state index contributed by atoms with van der Waals surface area (Å²) in [5.41, 5.74) is 0.0432. The van der Waals surface area contributed by atoms with Crippen LogP contribution in [-0.4, -0.2) is 56.1 Å². The number of rotatable bonds is 9. The highest BCUT2D eigenvalue weighted by Gasteiger charge is 2.07. The Kier molecular flexibility index (Phi) is 6.84. The molecule has 0 fully saturated rings. The number of carbonyl (C=O) groups is 1. The van der Waals surface area contributed by atoms with Gasteiger partial charge in [-0.15, -0.1) is 0 Å². The number of hydrogen-bond acceptors (Lipinski definition) is 5. The highest BCUT2D eigenvalue weighted by molar-refractivity contribution is 5.85. The van der Waals surface area contributed by atoms with Gasteiger partial charge in [-0.05, 0) is 19.1 Å². The molecule has 1 N–H and O–H groups in total. The van der Waals surface area contributed by atoms with Crippen molar-refractivity contribution in [2.24, 2.45) is 0 Å². The third-order valence-corrected chi connectivity index (χ3v) is 2.49. The SMILES string of the molecule is CCOCCOCCN(C)c1cccc(C(=O)O)n1. The molecule has 19 heavy (non-hydrogen) atoms. The van der Waals surface area contributed by atoms with Gasteiger partial charge in [0.25, 0.3) is 0 Å². The van der Waals surface area contributed by atoms with Gasteiger partial charge in [-0.3, -0.25) is 0 Å². The van der Waals surface area contributed by atoms with E-state index < -0.39 is 5.97 Å². The molecule has 0 amide bonds. The van der Waals surface area contributed by atoms with Crippen molar-refractivity contribution in [2.75, 3.05) is 44.9 Å². The first-order valence-corrected chi connectivity index (χ1v) is 6.22. The van der Waals surface area contributed by atoms with Crippen molar-refractivity contribution >= 4 is 11.8 Å². The second kappa shape index (κ2) is 8.44. The van der Waals surface area contributed by atoms with E-state index in [0.29, 0.717) is 38.8 Å². The number of anilines is 1. The van der Waals surface area contributed by atoms with E-state index in [9.17, 15) is 4.79 Å². The summed E-state index contributed by atoms with van der Waals surface area (Å²) >= 11 is 0. The highest BCUT2D eigenvalue weighted by atomic mass is 16.5. The van der Waals surface area contributed by atoms with Crippen LogP contribution in [0.4, 0.5) is 5.82 Å². The van der Waals surface area contributed by atoms with Gasteiger partial charge >= 0.3 is 5.97 Å². The van der Waals surface area contributed by atoms with Crippen LogP contribution in [0, 0.1) is 0 Å². The van der Waals surface area contributed by atoms with Crippen molar-refractivity contribution < 1.29 is 19.4 Å². The molecule has 0 aliphatic heterocycles. The largest absolute Gasteiger partial charge is 0.477 e. The number of ether oxygens (including phenoxy) is 2. The number of carboxylic acid groups (broad SMARTS) is 1. The summed E-state index contributed by atoms with van der Waals surface area (Å²) in [6.07, 6.45) is 0. The molecule has 0 aliphatic rings. The summed E-state index contributed by atoms with van der Waals surface area (Å²) in [4.78, 5) is 16.7. The minimum absolute atomic E-state index is 0.0432. The van der Waals surface area contributed by atoms with Crippen LogP contribution in [0.1, 0.15) is 17.4 Å². The Morgan fingerprint density at radius 3 is 2.74 bits per heavy atom. The van der Waals surface area contributed by atoms with E-state index in [1.807, 2.05) is 18.9 Å². The molecule has 0 saturated heterocycles. The van der Waals surface area contributed by atoms with Crippen molar-refractivity contribution in [3.63, 3.8) is 0 Å². The Balaban J connectivity index is 2.34. The van der Waals surface area contributed by atoms with Gasteiger partial charge in [0.1, 0.15) is 5.82 Å². The average Bonchev–Trinajstić information content (AvgIpc) is 2.42. The van der Waals surface area contributed by atoms with E-state index in [0.717, 1.165) is 0 Å². The first-order valence-electron chi connectivity index (χ1n) is 6.22. The van der Waals surface area contributed by atoms with Gasteiger partial charge in [0.2, 0.25) is 0 Å². The number of carboxylic acids is 1. The lowest BCUT2D eigenvalue weighted by molar-refractivity contribution is 0.0558. The normalized spacial score (nSPS) is 10.4. The molecular weight excluding hydrogens is 248 g/mol. The van der Waals surface area contributed by atoms with Crippen LogP contribution < -0.4 is 4.90 Å². The van der Waals surface area contributed by atoms with Crippen LogP contribution in [0.25, 0.3) is 0 Å². The highest BCUT2D eigenvalue weighted by Crippen LogP contribution is 2.09. The molecule has 6 nitrogen and oxygen atoms in total. The molecule has 0 saturated carbocycles. The molecule has 1 aromatic rings. The summed E-state index contributed by atoms with van der Waals surface area (Å²) in [7, 11) is 1.85. The van der Waals surface area contributed by atoms with Gasteiger partial charge in [0.05, 0.1) is 19.8 Å². The van der Waals surface area contributed by atoms with E-state index in [2.05, 4.69) is 4.98 Å². The van der Waals surface area contributed by atoms with Crippen LogP contribution in [0.2, 0.25) is 0 Å². The second-order valence-corrected chi connectivity index (χ2v) is 3.92. The Morgan fingerprint density at radius 2 is 2.05 bits per heavy atom. The number of pyridine rings is 1. The van der Waals surface area contributed by atoms with E-state index in [1.54, 1.807) is 12.1 Å². The topological polar surface area (TPSA) is 71.9 Å². The van der Waals surface area contributed by atoms with Crippen molar-refractivity contribution in [1.82, 2.24) is 4.98 Å². The van der Waals surface area contributed by atoms with Crippen molar-refractivity contribution in [2.45, 2.75) is 6.92 Å². The van der Waals surface area contributed by atoms with E-state index in [1.165, 1.54) is 6.07 Å². The molecule has 0 radical (unpaired) electrons. The zero-order chi connectivity index (χ0) is 14.1. The maximum Gasteiger partial charge on any atom is 0.354 e. The maximum atomic E-state index is 10.8. The number of hydrogen-bond donors (Lipinski definition) is 1. The smallest absolute Gasteiger partial charge is 0.354 e. The third kappa shape index (κ3) is 5.67. The first kappa shape index (κ1) is 15.4. The van der Waals surface area contributed by atoms with Gasteiger partial charge in [-0.1, -0.05) is 6.07 Å². The molecule has 0 spiro atoms. The number of likely N-dealkylation sites (N-methyl/N-ethyl adjacent to an activating group) is 1. The quantitative estimate of drug-likeness (QED) is 0.680. The van der Waals surface area contributed by atoms with Crippen LogP contribution in [0.3, 0.4) is 0 Å². The summed E-state index contributed by atoms with van der Waals surface area (Å²) in [5.74, 6) is -0.406. The van der Waals surface area contributed by atoms with Crippen LogP contribution in [0.5, 0.6) is 0 Å². The van der Waals surface area contributed by atoms with Crippen molar-refractivity contribution in [1.29, 1.82) is 0 Å². The molecule has 0 aromatic carbocycles. The van der Waals surface area contributed by atoms with Gasteiger partial charge in [0.15, 0.2) is 5.69 Å². The van der Waals surface area contributed by atoms with E-state index in [-0.39, 0.29) is 5.69 Å². The zero-order valence-electron chi connectivity index (χ0n) is 11.3. The van der Waals surface area contributed by atoms with Gasteiger partial charge < -0.3 is 19.5 Å². The summed E-state index contributed by atoms with van der Waals surface area (Å²) in [6.45, 7) is 4.96. The fourth-order valence-corrected chi connectivity index (χ4v) is 1.44. The molecule has 0 atom stereocenters. The predicted octanol–water partition coefficient (Wildman–Crippen LogP) is 1.27. The lowest BCUT2D eigenvalue weighted by Gasteiger charge is -2.18. The summed E-state index contributed by atoms with van der Waals surface area (Å²) in [6, 6.07) is 4.92. The Hall–Kier alpha value is -1.66. The lowest BCUT2D eigenvalue weighted by Crippen LogP contribution is -2.24. The molecule has 1 rings (SSSR count). The van der Waals surface area contributed by atoms with Crippen LogP contribution in [0.15, 0.2) is 18.2 Å². The minimum Gasteiger partial charge on any atom is -0.477 e. The summed E-state index contributed by atoms with van der Waals surface area (Å²) < 4.78 is 10.5. The predicted molar refractivity (Wildman–Crippen MR) is 71.8 cm³/mol. The number of nitrogens with zero attached hydrogens (tertiary/aromatic N) is 2. The Labute approximate surface area is 113 Å². The molecule has 106 valence electrons. The molecule has 1 heterocycles. The number of aromatic carboxylic acids is 1. The van der Waals surface area contributed by atoms with Crippen LogP contribution >= 0.6 is 0 Å². The van der Waals surface area contributed by atoms with Gasteiger partial charge in [0, 0.05) is 20.2 Å². The minimum atomic E-state index is -1.02. The van der Waals surface area contributed by atoms with Gasteiger partial charge in [-0.25, -0.2) is 9.78 Å². The summed E-state index contributed by atoms with van der Waals surface area (Å²) in [5, 5.41) is 8.87. The van der Waals surface area contributed by atoms with Crippen molar-refractivity contribution in [3.05, 3.63) is 23.9 Å². The maximum absolute atomic E-state index is 10.8. The second-order valence-electron chi connectivity index (χ2n) is 3.92. The Bertz CT molecular complexity index is 398. The average molecular weight is 268 g/mol. The fraction of sp³-hybridized carbons (Fsp3) is 0.538. The third-order valence-electron chi connectivity index (χ3n) is 2.49. The molecule has 0 unspecified atom stereocenters. The Morgan fingerprint density at radius 1 is 1.32 bits per heavy atom. The fourth-order valence-electron chi connectivity index (χ4n) is 1.44. The van der Waals surface area contributed by atoms with E-state index in [4.69, 9.17) is 14.6 Å². The van der Waals surface area contributed by atoms with E-state index >= 15 is 0 Å². The van der Waals surface area contributed by atoms with Gasteiger partial charge in [-0.2, -0.15) is 0 Å². The lowest BCUT2D eigenvalue weighted by atomic mass is 10.3. The molecule has 6 heteroatoms. The monoisotopic (exact) mass is 268 g/mol. The number of aromatic nitrogens is 1.